The summed E-state index contributed by atoms with van der Waals surface area (Å²) in [4.78, 5) is 18.3. The SMILES string of the molecule is CN(Cc1nc2ccccc2s1)C(=O)CNC(C)(C)C. The molecule has 2 aromatic rings. The van der Waals surface area contributed by atoms with Gasteiger partial charge in [-0.3, -0.25) is 4.79 Å². The molecule has 0 bridgehead atoms. The van der Waals surface area contributed by atoms with Gasteiger partial charge in [0.05, 0.1) is 23.3 Å². The van der Waals surface area contributed by atoms with Crippen LogP contribution in [0.15, 0.2) is 24.3 Å². The van der Waals surface area contributed by atoms with Crippen LogP contribution in [0.1, 0.15) is 25.8 Å². The number of aromatic nitrogens is 1. The number of rotatable bonds is 4. The Labute approximate surface area is 123 Å². The Morgan fingerprint density at radius 3 is 2.70 bits per heavy atom. The van der Waals surface area contributed by atoms with Crippen molar-refractivity contribution in [1.82, 2.24) is 15.2 Å². The molecule has 1 heterocycles. The molecule has 0 saturated carbocycles. The van der Waals surface area contributed by atoms with Crippen LogP contribution in [0.3, 0.4) is 0 Å². The lowest BCUT2D eigenvalue weighted by atomic mass is 10.1. The molecule has 4 nitrogen and oxygen atoms in total. The molecule has 0 atom stereocenters. The van der Waals surface area contributed by atoms with E-state index >= 15 is 0 Å². The Kier molecular flexibility index (Phi) is 4.40. The average Bonchev–Trinajstić information content (AvgIpc) is 2.76. The number of nitrogens with one attached hydrogen (secondary N) is 1. The molecule has 1 aromatic heterocycles. The first-order valence-electron chi connectivity index (χ1n) is 6.68. The highest BCUT2D eigenvalue weighted by molar-refractivity contribution is 7.18. The number of benzene rings is 1. The Morgan fingerprint density at radius 1 is 1.35 bits per heavy atom. The second-order valence-corrected chi connectivity index (χ2v) is 7.04. The van der Waals surface area contributed by atoms with Gasteiger partial charge in [0.15, 0.2) is 0 Å². The van der Waals surface area contributed by atoms with Crippen molar-refractivity contribution >= 4 is 27.5 Å². The smallest absolute Gasteiger partial charge is 0.236 e. The third-order valence-corrected chi connectivity index (χ3v) is 3.93. The van der Waals surface area contributed by atoms with Crippen LogP contribution >= 0.6 is 11.3 Å². The van der Waals surface area contributed by atoms with Gasteiger partial charge in [-0.25, -0.2) is 4.98 Å². The van der Waals surface area contributed by atoms with E-state index in [0.29, 0.717) is 13.1 Å². The first-order valence-corrected chi connectivity index (χ1v) is 7.50. The normalized spacial score (nSPS) is 11.8. The molecule has 0 spiro atoms. The largest absolute Gasteiger partial charge is 0.338 e. The molecule has 0 saturated heterocycles. The number of carbonyl (C=O) groups is 1. The zero-order valence-electron chi connectivity index (χ0n) is 12.4. The Bertz CT molecular complexity index is 567. The van der Waals surface area contributed by atoms with Crippen molar-refractivity contribution < 1.29 is 4.79 Å². The van der Waals surface area contributed by atoms with Crippen LogP contribution in [-0.4, -0.2) is 34.9 Å². The van der Waals surface area contributed by atoms with E-state index in [9.17, 15) is 4.79 Å². The van der Waals surface area contributed by atoms with Gasteiger partial charge >= 0.3 is 0 Å². The van der Waals surface area contributed by atoms with Gasteiger partial charge in [0.2, 0.25) is 5.91 Å². The molecule has 1 N–H and O–H groups in total. The molecule has 0 aliphatic carbocycles. The number of thiazole rings is 1. The number of para-hydroxylation sites is 1. The number of fused-ring (bicyclic) bond motifs is 1. The van der Waals surface area contributed by atoms with Crippen LogP contribution < -0.4 is 5.32 Å². The molecule has 0 unspecified atom stereocenters. The zero-order valence-corrected chi connectivity index (χ0v) is 13.3. The Hall–Kier alpha value is -1.46. The topological polar surface area (TPSA) is 45.2 Å². The number of nitrogens with zero attached hydrogens (tertiary/aromatic N) is 2. The average molecular weight is 291 g/mol. The highest BCUT2D eigenvalue weighted by Crippen LogP contribution is 2.22. The number of carbonyl (C=O) groups excluding carboxylic acids is 1. The molecule has 0 aliphatic heterocycles. The van der Waals surface area contributed by atoms with Crippen molar-refractivity contribution in [2.75, 3.05) is 13.6 Å². The molecule has 0 aliphatic rings. The molecule has 2 rings (SSSR count). The predicted octanol–water partition coefficient (Wildman–Crippen LogP) is 2.64. The molecule has 0 radical (unpaired) electrons. The van der Waals surface area contributed by atoms with Crippen LogP contribution in [0.2, 0.25) is 0 Å². The van der Waals surface area contributed by atoms with Crippen molar-refractivity contribution in [1.29, 1.82) is 0 Å². The standard InChI is InChI=1S/C15H21N3OS/c1-15(2,3)16-9-14(19)18(4)10-13-17-11-7-5-6-8-12(11)20-13/h5-8,16H,9-10H2,1-4H3. The van der Waals surface area contributed by atoms with Crippen LogP contribution in [0.25, 0.3) is 10.2 Å². The van der Waals surface area contributed by atoms with Gasteiger partial charge in [-0.2, -0.15) is 0 Å². The van der Waals surface area contributed by atoms with Gasteiger partial charge in [0, 0.05) is 12.6 Å². The van der Waals surface area contributed by atoms with E-state index in [1.54, 1.807) is 16.2 Å². The Balaban J connectivity index is 1.96. The van der Waals surface area contributed by atoms with Crippen LogP contribution in [-0.2, 0) is 11.3 Å². The van der Waals surface area contributed by atoms with Crippen molar-refractivity contribution in [3.05, 3.63) is 29.3 Å². The fraction of sp³-hybridized carbons (Fsp3) is 0.467. The minimum absolute atomic E-state index is 0.0492. The second-order valence-electron chi connectivity index (χ2n) is 5.93. The van der Waals surface area contributed by atoms with Crippen LogP contribution in [0.4, 0.5) is 0 Å². The highest BCUT2D eigenvalue weighted by atomic mass is 32.1. The quantitative estimate of drug-likeness (QED) is 0.942. The summed E-state index contributed by atoms with van der Waals surface area (Å²) in [5, 5.41) is 4.18. The van der Waals surface area contributed by atoms with E-state index < -0.39 is 0 Å². The molecule has 108 valence electrons. The summed E-state index contributed by atoms with van der Waals surface area (Å²) < 4.78 is 1.16. The van der Waals surface area contributed by atoms with Crippen molar-refractivity contribution in [3.63, 3.8) is 0 Å². The highest BCUT2D eigenvalue weighted by Gasteiger charge is 2.15. The summed E-state index contributed by atoms with van der Waals surface area (Å²) in [5.41, 5.74) is 0.952. The molecule has 0 fully saturated rings. The number of hydrogen-bond acceptors (Lipinski definition) is 4. The van der Waals surface area contributed by atoms with Crippen LogP contribution in [0, 0.1) is 0 Å². The monoisotopic (exact) mass is 291 g/mol. The van der Waals surface area contributed by atoms with E-state index in [4.69, 9.17) is 0 Å². The zero-order chi connectivity index (χ0) is 14.8. The summed E-state index contributed by atoms with van der Waals surface area (Å²) in [7, 11) is 1.82. The molecule has 1 aromatic carbocycles. The third kappa shape index (κ3) is 4.02. The lowest BCUT2D eigenvalue weighted by Crippen LogP contribution is -2.43. The van der Waals surface area contributed by atoms with Gasteiger partial charge in [-0.15, -0.1) is 11.3 Å². The van der Waals surface area contributed by atoms with Gasteiger partial charge < -0.3 is 10.2 Å². The summed E-state index contributed by atoms with van der Waals surface area (Å²) in [5.74, 6) is 0.0826. The summed E-state index contributed by atoms with van der Waals surface area (Å²) >= 11 is 1.64. The minimum atomic E-state index is -0.0492. The predicted molar refractivity (Wildman–Crippen MR) is 83.8 cm³/mol. The lowest BCUT2D eigenvalue weighted by molar-refractivity contribution is -0.129. The van der Waals surface area contributed by atoms with E-state index in [1.165, 1.54) is 0 Å². The van der Waals surface area contributed by atoms with Crippen molar-refractivity contribution in [2.24, 2.45) is 0 Å². The molecule has 20 heavy (non-hydrogen) atoms. The van der Waals surface area contributed by atoms with E-state index in [0.717, 1.165) is 15.2 Å². The van der Waals surface area contributed by atoms with Gasteiger partial charge in [-0.1, -0.05) is 12.1 Å². The first kappa shape index (κ1) is 14.9. The molecular formula is C15H21N3OS. The summed E-state index contributed by atoms with van der Waals surface area (Å²) in [6, 6.07) is 8.04. The third-order valence-electron chi connectivity index (χ3n) is 2.91. The number of hydrogen-bond donors (Lipinski definition) is 1. The fourth-order valence-corrected chi connectivity index (χ4v) is 2.78. The van der Waals surface area contributed by atoms with Gasteiger partial charge in [0.25, 0.3) is 0 Å². The summed E-state index contributed by atoms with van der Waals surface area (Å²) in [6.07, 6.45) is 0. The Morgan fingerprint density at radius 2 is 2.05 bits per heavy atom. The van der Waals surface area contributed by atoms with Crippen molar-refractivity contribution in [2.45, 2.75) is 32.9 Å². The van der Waals surface area contributed by atoms with Gasteiger partial charge in [0.1, 0.15) is 5.01 Å². The fourth-order valence-electron chi connectivity index (χ4n) is 1.75. The number of likely N-dealkylation sites (N-methyl/N-ethyl adjacent to an activating group) is 1. The first-order chi connectivity index (χ1) is 9.35. The van der Waals surface area contributed by atoms with Gasteiger partial charge in [-0.05, 0) is 32.9 Å². The van der Waals surface area contributed by atoms with E-state index in [2.05, 4.69) is 16.4 Å². The maximum Gasteiger partial charge on any atom is 0.236 e. The van der Waals surface area contributed by atoms with E-state index in [1.807, 2.05) is 46.0 Å². The lowest BCUT2D eigenvalue weighted by Gasteiger charge is -2.22. The molecular weight excluding hydrogens is 270 g/mol. The molecule has 5 heteroatoms. The molecule has 1 amide bonds. The van der Waals surface area contributed by atoms with E-state index in [-0.39, 0.29) is 11.4 Å². The maximum absolute atomic E-state index is 12.0. The number of amides is 1. The summed E-state index contributed by atoms with van der Waals surface area (Å²) in [6.45, 7) is 7.06. The minimum Gasteiger partial charge on any atom is -0.338 e. The second kappa shape index (κ2) is 5.89. The van der Waals surface area contributed by atoms with Crippen LogP contribution in [0.5, 0.6) is 0 Å². The maximum atomic E-state index is 12.0. The van der Waals surface area contributed by atoms with Crippen molar-refractivity contribution in [3.8, 4) is 0 Å².